The monoisotopic (exact) mass is 490 g/mol. The molecule has 12 nitrogen and oxygen atoms in total. The van der Waals surface area contributed by atoms with Gasteiger partial charge < -0.3 is 30.5 Å². The third-order valence-electron chi connectivity index (χ3n) is 5.56. The first kappa shape index (κ1) is 24.7. The molecule has 3 heterocycles. The van der Waals surface area contributed by atoms with Gasteiger partial charge in [-0.3, -0.25) is 4.79 Å². The third kappa shape index (κ3) is 5.44. The number of benzene rings is 1. The van der Waals surface area contributed by atoms with Gasteiger partial charge in [-0.1, -0.05) is 6.58 Å². The number of carbonyl (C=O) groups excluding carboxylic acids is 1. The summed E-state index contributed by atoms with van der Waals surface area (Å²) in [5, 5.41) is 13.5. The van der Waals surface area contributed by atoms with Crippen LogP contribution in [0.1, 0.15) is 11.7 Å². The number of rotatable bonds is 9. The zero-order valence-electron chi connectivity index (χ0n) is 20.8. The van der Waals surface area contributed by atoms with Crippen molar-refractivity contribution in [3.05, 3.63) is 55.0 Å². The maximum Gasteiger partial charge on any atom is 0.247 e. The Morgan fingerprint density at radius 3 is 2.86 bits per heavy atom. The van der Waals surface area contributed by atoms with Crippen molar-refractivity contribution in [3.8, 4) is 5.75 Å². The van der Waals surface area contributed by atoms with E-state index in [1.54, 1.807) is 30.4 Å². The number of aliphatic imine (C=N–C) groups is 2. The fraction of sp³-hybridized carbons (Fsp3) is 0.292. The molecule has 0 radical (unpaired) electrons. The number of ether oxygens (including phenoxy) is 1. The van der Waals surface area contributed by atoms with Gasteiger partial charge >= 0.3 is 0 Å². The summed E-state index contributed by atoms with van der Waals surface area (Å²) in [7, 11) is 7.59. The lowest BCUT2D eigenvalue weighted by molar-refractivity contribution is -0.111. The molecule has 0 aliphatic carbocycles. The molecule has 1 amide bonds. The molecule has 188 valence electrons. The van der Waals surface area contributed by atoms with Crippen LogP contribution in [0.3, 0.4) is 0 Å². The molecule has 0 saturated heterocycles. The Balaban J connectivity index is 1.65. The van der Waals surface area contributed by atoms with E-state index >= 15 is 0 Å². The van der Waals surface area contributed by atoms with Crippen LogP contribution in [0.15, 0.2) is 59.4 Å². The van der Waals surface area contributed by atoms with Crippen molar-refractivity contribution in [1.82, 2.24) is 24.8 Å². The quantitative estimate of drug-likeness (QED) is 0.389. The Morgan fingerprint density at radius 2 is 2.11 bits per heavy atom. The Hall–Kier alpha value is -4.45. The zero-order valence-corrected chi connectivity index (χ0v) is 20.8. The maximum absolute atomic E-state index is 12.2. The smallest absolute Gasteiger partial charge is 0.247 e. The van der Waals surface area contributed by atoms with E-state index in [2.05, 4.69) is 52.4 Å². The van der Waals surface area contributed by atoms with E-state index in [9.17, 15) is 4.79 Å². The number of amides is 1. The van der Waals surface area contributed by atoms with Gasteiger partial charge in [-0.2, -0.15) is 5.10 Å². The van der Waals surface area contributed by atoms with E-state index in [4.69, 9.17) is 4.74 Å². The number of aromatic nitrogens is 3. The van der Waals surface area contributed by atoms with Gasteiger partial charge in [-0.05, 0) is 32.3 Å². The fourth-order valence-corrected chi connectivity index (χ4v) is 3.64. The SMILES string of the molecule is C=CC(=O)Nc1cc(NC2=NC(c3cnn4cccnc34)N=CN2)c(OC)cc1N(C)CCN(C)C. The lowest BCUT2D eigenvalue weighted by Gasteiger charge is -2.26. The molecule has 2 aromatic heterocycles. The number of hydrogen-bond acceptors (Lipinski definition) is 10. The van der Waals surface area contributed by atoms with E-state index in [-0.39, 0.29) is 5.91 Å². The zero-order chi connectivity index (χ0) is 25.7. The molecule has 0 fully saturated rings. The number of nitrogens with zero attached hydrogens (tertiary/aromatic N) is 7. The second-order valence-corrected chi connectivity index (χ2v) is 8.37. The summed E-state index contributed by atoms with van der Waals surface area (Å²) < 4.78 is 7.35. The number of anilines is 3. The molecule has 4 rings (SSSR count). The summed E-state index contributed by atoms with van der Waals surface area (Å²) in [6, 6.07) is 5.49. The first-order chi connectivity index (χ1) is 17.4. The Kier molecular flexibility index (Phi) is 7.44. The van der Waals surface area contributed by atoms with Crippen LogP contribution in [0.4, 0.5) is 17.1 Å². The molecule has 36 heavy (non-hydrogen) atoms. The molecule has 3 aromatic rings. The van der Waals surface area contributed by atoms with Gasteiger partial charge in [-0.15, -0.1) is 0 Å². The van der Waals surface area contributed by atoms with Gasteiger partial charge in [0.25, 0.3) is 0 Å². The van der Waals surface area contributed by atoms with Gasteiger partial charge in [0.05, 0.1) is 42.3 Å². The minimum atomic E-state index is -0.525. The topological polar surface area (TPSA) is 124 Å². The van der Waals surface area contributed by atoms with Crippen molar-refractivity contribution in [1.29, 1.82) is 0 Å². The average molecular weight is 491 g/mol. The average Bonchev–Trinajstić information content (AvgIpc) is 3.32. The number of likely N-dealkylation sites (N-methyl/N-ethyl adjacent to an activating group) is 2. The molecule has 0 spiro atoms. The summed E-state index contributed by atoms with van der Waals surface area (Å²) >= 11 is 0. The molecular formula is C24H30N10O2. The van der Waals surface area contributed by atoms with Crippen molar-refractivity contribution >= 4 is 40.9 Å². The van der Waals surface area contributed by atoms with Gasteiger partial charge in [-0.25, -0.2) is 19.5 Å². The molecule has 0 bridgehead atoms. The van der Waals surface area contributed by atoms with Crippen LogP contribution in [-0.2, 0) is 4.79 Å². The van der Waals surface area contributed by atoms with Gasteiger partial charge in [0.1, 0.15) is 5.75 Å². The largest absolute Gasteiger partial charge is 0.494 e. The van der Waals surface area contributed by atoms with Crippen LogP contribution in [0.2, 0.25) is 0 Å². The molecule has 1 atom stereocenters. The first-order valence-corrected chi connectivity index (χ1v) is 11.3. The van der Waals surface area contributed by atoms with E-state index in [0.717, 1.165) is 24.3 Å². The number of fused-ring (bicyclic) bond motifs is 1. The molecule has 1 aromatic carbocycles. The molecular weight excluding hydrogens is 460 g/mol. The maximum atomic E-state index is 12.2. The van der Waals surface area contributed by atoms with Crippen LogP contribution in [-0.4, -0.2) is 79.0 Å². The van der Waals surface area contributed by atoms with Crippen LogP contribution in [0.5, 0.6) is 5.75 Å². The highest BCUT2D eigenvalue weighted by Crippen LogP contribution is 2.37. The van der Waals surface area contributed by atoms with Gasteiger partial charge in [0.15, 0.2) is 11.8 Å². The number of hydrogen-bond donors (Lipinski definition) is 3. The van der Waals surface area contributed by atoms with Crippen molar-refractivity contribution in [3.63, 3.8) is 0 Å². The van der Waals surface area contributed by atoms with E-state index in [0.29, 0.717) is 28.7 Å². The van der Waals surface area contributed by atoms with E-state index in [1.165, 1.54) is 6.08 Å². The number of carbonyl (C=O) groups is 1. The van der Waals surface area contributed by atoms with Crippen molar-refractivity contribution in [2.75, 3.05) is 56.9 Å². The highest BCUT2D eigenvalue weighted by Gasteiger charge is 2.21. The third-order valence-corrected chi connectivity index (χ3v) is 5.56. The van der Waals surface area contributed by atoms with E-state index in [1.807, 2.05) is 45.5 Å². The number of guanidine groups is 1. The minimum absolute atomic E-state index is 0.311. The summed E-state index contributed by atoms with van der Waals surface area (Å²) in [4.78, 5) is 29.8. The summed E-state index contributed by atoms with van der Waals surface area (Å²) in [5.41, 5.74) is 3.49. The van der Waals surface area contributed by atoms with Gasteiger partial charge in [0, 0.05) is 38.6 Å². The Labute approximate surface area is 209 Å². The molecule has 1 aliphatic rings. The van der Waals surface area contributed by atoms with Crippen LogP contribution in [0, 0.1) is 0 Å². The van der Waals surface area contributed by atoms with Crippen LogP contribution >= 0.6 is 0 Å². The highest BCUT2D eigenvalue weighted by molar-refractivity contribution is 6.05. The molecule has 1 aliphatic heterocycles. The Morgan fingerprint density at radius 1 is 1.28 bits per heavy atom. The summed E-state index contributed by atoms with van der Waals surface area (Å²) in [6.07, 6.45) is 7.51. The first-order valence-electron chi connectivity index (χ1n) is 11.3. The standard InChI is InChI=1S/C24H30N10O2/c1-6-21(35)29-17-12-18(20(36-5)13-19(17)33(4)11-10-32(2)3)30-24-27-15-26-22(31-24)16-14-28-34-9-7-8-25-23(16)34/h6-9,12-15,22H,1,10-11H2,2-5H3,(H,29,35)(H2,26,27,30,31). The fourth-order valence-electron chi connectivity index (χ4n) is 3.64. The lowest BCUT2D eigenvalue weighted by atomic mass is 10.2. The minimum Gasteiger partial charge on any atom is -0.494 e. The molecule has 0 saturated carbocycles. The molecule has 3 N–H and O–H groups in total. The normalized spacial score (nSPS) is 14.8. The second kappa shape index (κ2) is 10.9. The number of methoxy groups -OCH3 is 1. The van der Waals surface area contributed by atoms with Crippen molar-refractivity contribution in [2.45, 2.75) is 6.17 Å². The lowest BCUT2D eigenvalue weighted by Crippen LogP contribution is -2.33. The van der Waals surface area contributed by atoms with Gasteiger partial charge in [0.2, 0.25) is 11.9 Å². The predicted molar refractivity (Wildman–Crippen MR) is 142 cm³/mol. The predicted octanol–water partition coefficient (Wildman–Crippen LogP) is 1.96. The van der Waals surface area contributed by atoms with Crippen LogP contribution in [0.25, 0.3) is 5.65 Å². The van der Waals surface area contributed by atoms with E-state index < -0.39 is 6.17 Å². The van der Waals surface area contributed by atoms with Crippen molar-refractivity contribution in [2.24, 2.45) is 9.98 Å². The van der Waals surface area contributed by atoms with Crippen LogP contribution < -0.4 is 25.6 Å². The summed E-state index contributed by atoms with van der Waals surface area (Å²) in [5.74, 6) is 0.729. The molecule has 1 unspecified atom stereocenters. The molecule has 12 heteroatoms. The second-order valence-electron chi connectivity index (χ2n) is 8.37. The van der Waals surface area contributed by atoms with Crippen molar-refractivity contribution < 1.29 is 9.53 Å². The highest BCUT2D eigenvalue weighted by atomic mass is 16.5. The Bertz CT molecular complexity index is 1310. The number of nitrogens with one attached hydrogen (secondary N) is 3. The summed E-state index contributed by atoms with van der Waals surface area (Å²) in [6.45, 7) is 5.16.